The van der Waals surface area contributed by atoms with E-state index in [0.717, 1.165) is 41.6 Å². The standard InChI is InChI=1S/C25H35N3OS/c1-3-15-28(30(29)23-6-4-5-19(2)16-23)22-9-7-21(8-10-22)24-17-25(24)27-18-20-11-13-26-14-12-20/h4-10,16,20,24-27H,3,11-15,17-18H2,1-2H3. The Balaban J connectivity index is 1.37. The maximum atomic E-state index is 13.2. The first-order chi connectivity index (χ1) is 14.7. The van der Waals surface area contributed by atoms with E-state index in [9.17, 15) is 4.21 Å². The summed E-state index contributed by atoms with van der Waals surface area (Å²) in [6.07, 6.45) is 4.79. The molecule has 1 aliphatic heterocycles. The van der Waals surface area contributed by atoms with Crippen LogP contribution in [0.3, 0.4) is 0 Å². The number of aryl methyl sites for hydroxylation is 1. The van der Waals surface area contributed by atoms with Crippen molar-refractivity contribution in [3.63, 3.8) is 0 Å². The lowest BCUT2D eigenvalue weighted by atomic mass is 9.98. The number of benzene rings is 2. The van der Waals surface area contributed by atoms with Crippen LogP contribution in [0.1, 0.15) is 49.7 Å². The van der Waals surface area contributed by atoms with Gasteiger partial charge in [0.05, 0.1) is 4.90 Å². The van der Waals surface area contributed by atoms with Crippen LogP contribution in [-0.4, -0.2) is 36.4 Å². The third kappa shape index (κ3) is 5.32. The molecule has 162 valence electrons. The number of hydrogen-bond acceptors (Lipinski definition) is 3. The van der Waals surface area contributed by atoms with Gasteiger partial charge in [0.2, 0.25) is 0 Å². The molecular weight excluding hydrogens is 390 g/mol. The van der Waals surface area contributed by atoms with Crippen molar-refractivity contribution in [3.8, 4) is 0 Å². The van der Waals surface area contributed by atoms with E-state index in [-0.39, 0.29) is 0 Å². The summed E-state index contributed by atoms with van der Waals surface area (Å²) in [7, 11) is -1.18. The fourth-order valence-corrected chi connectivity index (χ4v) is 5.84. The van der Waals surface area contributed by atoms with Crippen LogP contribution in [0.5, 0.6) is 0 Å². The van der Waals surface area contributed by atoms with Gasteiger partial charge in [-0.05, 0) is 93.6 Å². The summed E-state index contributed by atoms with van der Waals surface area (Å²) in [5.74, 6) is 1.46. The normalized spacial score (nSPS) is 22.6. The largest absolute Gasteiger partial charge is 0.317 e. The number of rotatable bonds is 9. The summed E-state index contributed by atoms with van der Waals surface area (Å²) in [5.41, 5.74) is 3.59. The molecule has 30 heavy (non-hydrogen) atoms. The molecule has 2 aromatic carbocycles. The summed E-state index contributed by atoms with van der Waals surface area (Å²) in [6, 6.07) is 17.4. The van der Waals surface area contributed by atoms with Crippen molar-refractivity contribution >= 4 is 16.7 Å². The fraction of sp³-hybridized carbons (Fsp3) is 0.520. The smallest absolute Gasteiger partial charge is 0.152 e. The van der Waals surface area contributed by atoms with Crippen molar-refractivity contribution in [3.05, 3.63) is 59.7 Å². The minimum absolute atomic E-state index is 0.624. The highest BCUT2D eigenvalue weighted by Crippen LogP contribution is 2.41. The van der Waals surface area contributed by atoms with Crippen LogP contribution in [0.2, 0.25) is 0 Å². The Hall–Kier alpha value is -1.69. The van der Waals surface area contributed by atoms with Crippen molar-refractivity contribution in [1.29, 1.82) is 0 Å². The van der Waals surface area contributed by atoms with E-state index < -0.39 is 11.0 Å². The monoisotopic (exact) mass is 425 g/mol. The molecule has 1 heterocycles. The van der Waals surface area contributed by atoms with Gasteiger partial charge in [-0.15, -0.1) is 0 Å². The Labute approximate surface area is 184 Å². The molecule has 1 saturated carbocycles. The average molecular weight is 426 g/mol. The molecule has 3 unspecified atom stereocenters. The first kappa shape index (κ1) is 21.5. The lowest BCUT2D eigenvalue weighted by Gasteiger charge is -2.23. The number of nitrogens with one attached hydrogen (secondary N) is 2. The summed E-state index contributed by atoms with van der Waals surface area (Å²) < 4.78 is 15.3. The van der Waals surface area contributed by atoms with Gasteiger partial charge < -0.3 is 10.6 Å². The molecule has 0 spiro atoms. The molecule has 4 rings (SSSR count). The highest BCUT2D eigenvalue weighted by molar-refractivity contribution is 7.86. The number of piperidine rings is 1. The maximum Gasteiger partial charge on any atom is 0.152 e. The second-order valence-corrected chi connectivity index (χ2v) is 10.2. The van der Waals surface area contributed by atoms with Crippen molar-refractivity contribution in [2.24, 2.45) is 5.92 Å². The van der Waals surface area contributed by atoms with Crippen LogP contribution in [0.4, 0.5) is 5.69 Å². The Morgan fingerprint density at radius 2 is 1.90 bits per heavy atom. The minimum Gasteiger partial charge on any atom is -0.317 e. The molecule has 3 atom stereocenters. The third-order valence-corrected chi connectivity index (χ3v) is 7.80. The van der Waals surface area contributed by atoms with Crippen LogP contribution in [-0.2, 0) is 11.0 Å². The molecule has 2 aliphatic rings. The van der Waals surface area contributed by atoms with Crippen molar-refractivity contribution in [2.75, 3.05) is 30.5 Å². The van der Waals surface area contributed by atoms with Gasteiger partial charge in [0.25, 0.3) is 0 Å². The molecule has 5 heteroatoms. The first-order valence-electron chi connectivity index (χ1n) is 11.5. The van der Waals surface area contributed by atoms with Gasteiger partial charge in [-0.2, -0.15) is 0 Å². The molecule has 1 aliphatic carbocycles. The average Bonchev–Trinajstić information content (AvgIpc) is 3.56. The Morgan fingerprint density at radius 1 is 1.13 bits per heavy atom. The van der Waals surface area contributed by atoms with Crippen LogP contribution in [0, 0.1) is 12.8 Å². The van der Waals surface area contributed by atoms with Gasteiger partial charge in [-0.1, -0.05) is 31.2 Å². The number of anilines is 1. The van der Waals surface area contributed by atoms with Crippen molar-refractivity contribution in [1.82, 2.24) is 10.6 Å². The van der Waals surface area contributed by atoms with Gasteiger partial charge in [0, 0.05) is 24.2 Å². The highest BCUT2D eigenvalue weighted by atomic mass is 32.2. The van der Waals surface area contributed by atoms with E-state index in [0.29, 0.717) is 12.0 Å². The van der Waals surface area contributed by atoms with Gasteiger partial charge in [-0.25, -0.2) is 4.21 Å². The summed E-state index contributed by atoms with van der Waals surface area (Å²) in [6.45, 7) is 8.45. The molecule has 0 amide bonds. The lowest BCUT2D eigenvalue weighted by Crippen LogP contribution is -2.34. The predicted octanol–water partition coefficient (Wildman–Crippen LogP) is 4.38. The minimum atomic E-state index is -1.18. The zero-order valence-electron chi connectivity index (χ0n) is 18.3. The molecule has 0 radical (unpaired) electrons. The van der Waals surface area contributed by atoms with Gasteiger partial charge in [-0.3, -0.25) is 4.31 Å². The molecule has 2 fully saturated rings. The van der Waals surface area contributed by atoms with E-state index in [2.05, 4.69) is 41.8 Å². The molecule has 2 aromatic rings. The quantitative estimate of drug-likeness (QED) is 0.627. The zero-order chi connectivity index (χ0) is 20.9. The van der Waals surface area contributed by atoms with E-state index in [1.807, 2.05) is 35.5 Å². The Kier molecular flexibility index (Phi) is 7.24. The number of nitrogens with zero attached hydrogens (tertiary/aromatic N) is 1. The second-order valence-electron chi connectivity index (χ2n) is 8.81. The van der Waals surface area contributed by atoms with Gasteiger partial charge in [0.1, 0.15) is 0 Å². The topological polar surface area (TPSA) is 44.4 Å². The molecule has 4 nitrogen and oxygen atoms in total. The SMILES string of the molecule is CCCN(c1ccc(C2CC2NCC2CCNCC2)cc1)S(=O)c1cccc(C)c1. The summed E-state index contributed by atoms with van der Waals surface area (Å²) in [4.78, 5) is 0.872. The molecule has 0 bridgehead atoms. The van der Waals surface area contributed by atoms with Crippen LogP contribution < -0.4 is 14.9 Å². The number of hydrogen-bond donors (Lipinski definition) is 2. The Morgan fingerprint density at radius 3 is 2.60 bits per heavy atom. The van der Waals surface area contributed by atoms with E-state index in [1.165, 1.54) is 37.9 Å². The van der Waals surface area contributed by atoms with Crippen LogP contribution >= 0.6 is 0 Å². The first-order valence-corrected chi connectivity index (χ1v) is 12.6. The van der Waals surface area contributed by atoms with E-state index in [4.69, 9.17) is 0 Å². The molecule has 0 aromatic heterocycles. The van der Waals surface area contributed by atoms with Gasteiger partial charge in [0.15, 0.2) is 11.0 Å². The van der Waals surface area contributed by atoms with Crippen molar-refractivity contribution in [2.45, 2.75) is 56.4 Å². The molecule has 1 saturated heterocycles. The highest BCUT2D eigenvalue weighted by Gasteiger charge is 2.38. The van der Waals surface area contributed by atoms with E-state index >= 15 is 0 Å². The Bertz CT molecular complexity index is 848. The predicted molar refractivity (Wildman–Crippen MR) is 126 cm³/mol. The zero-order valence-corrected chi connectivity index (χ0v) is 19.1. The summed E-state index contributed by atoms with van der Waals surface area (Å²) in [5, 5.41) is 7.23. The van der Waals surface area contributed by atoms with E-state index in [1.54, 1.807) is 0 Å². The third-order valence-electron chi connectivity index (χ3n) is 6.35. The van der Waals surface area contributed by atoms with Crippen LogP contribution in [0.15, 0.2) is 53.4 Å². The molecule has 2 N–H and O–H groups in total. The van der Waals surface area contributed by atoms with Crippen molar-refractivity contribution < 1.29 is 4.21 Å². The van der Waals surface area contributed by atoms with Crippen LogP contribution in [0.25, 0.3) is 0 Å². The lowest BCUT2D eigenvalue weighted by molar-refractivity contribution is 0.355. The maximum absolute atomic E-state index is 13.2. The summed E-state index contributed by atoms with van der Waals surface area (Å²) >= 11 is 0. The van der Waals surface area contributed by atoms with Gasteiger partial charge >= 0.3 is 0 Å². The molecular formula is C25H35N3OS. The fourth-order valence-electron chi connectivity index (χ4n) is 4.44. The second kappa shape index (κ2) is 10.1.